The summed E-state index contributed by atoms with van der Waals surface area (Å²) in [6, 6.07) is 7.03. The summed E-state index contributed by atoms with van der Waals surface area (Å²) in [4.78, 5) is 14.3. The number of aromatic nitrogens is 2. The van der Waals surface area contributed by atoms with Crippen molar-refractivity contribution in [2.75, 3.05) is 12.3 Å². The molecule has 0 saturated carbocycles. The van der Waals surface area contributed by atoms with Crippen LogP contribution in [0.1, 0.15) is 34.9 Å². The molecule has 5 nitrogen and oxygen atoms in total. The lowest BCUT2D eigenvalue weighted by molar-refractivity contribution is 0.0729. The van der Waals surface area contributed by atoms with Crippen LogP contribution in [0.25, 0.3) is 0 Å². The first-order chi connectivity index (χ1) is 10.1. The van der Waals surface area contributed by atoms with Crippen LogP contribution in [-0.2, 0) is 0 Å². The number of rotatable bonds is 2. The molecular formula is C14H14Cl2N4O. The topological polar surface area (TPSA) is 75.0 Å². The number of likely N-dealkylation sites (tertiary alicyclic amines) is 1. The van der Waals surface area contributed by atoms with Gasteiger partial charge in [-0.1, -0.05) is 29.3 Å². The number of nitrogens with two attached hydrogens (primary N) is 1. The molecule has 2 aromatic rings. The molecule has 7 heteroatoms. The van der Waals surface area contributed by atoms with Gasteiger partial charge in [-0.15, -0.1) is 0 Å². The van der Waals surface area contributed by atoms with E-state index in [9.17, 15) is 4.79 Å². The van der Waals surface area contributed by atoms with Gasteiger partial charge < -0.3 is 10.6 Å². The molecule has 1 aromatic heterocycles. The highest BCUT2D eigenvalue weighted by molar-refractivity contribution is 6.42. The van der Waals surface area contributed by atoms with Crippen LogP contribution in [0.4, 0.5) is 5.82 Å². The van der Waals surface area contributed by atoms with E-state index in [-0.39, 0.29) is 11.9 Å². The number of carbonyl (C=O) groups is 1. The van der Waals surface area contributed by atoms with Crippen LogP contribution in [0.2, 0.25) is 10.0 Å². The van der Waals surface area contributed by atoms with Crippen LogP contribution in [0.15, 0.2) is 24.3 Å². The van der Waals surface area contributed by atoms with Gasteiger partial charge in [-0.05, 0) is 30.5 Å². The summed E-state index contributed by atoms with van der Waals surface area (Å²) in [5, 5.41) is 7.47. The van der Waals surface area contributed by atoms with Crippen molar-refractivity contribution in [3.05, 3.63) is 45.6 Å². The molecule has 110 valence electrons. The summed E-state index contributed by atoms with van der Waals surface area (Å²) in [6.45, 7) is 0.697. The van der Waals surface area contributed by atoms with E-state index in [2.05, 4.69) is 10.2 Å². The molecule has 0 bridgehead atoms. The number of hydrogen-bond acceptors (Lipinski definition) is 3. The number of anilines is 1. The van der Waals surface area contributed by atoms with Crippen LogP contribution in [0.5, 0.6) is 0 Å². The van der Waals surface area contributed by atoms with Gasteiger partial charge >= 0.3 is 0 Å². The number of nitrogen functional groups attached to an aromatic ring is 1. The van der Waals surface area contributed by atoms with Crippen molar-refractivity contribution in [1.82, 2.24) is 15.1 Å². The summed E-state index contributed by atoms with van der Waals surface area (Å²) < 4.78 is 0. The monoisotopic (exact) mass is 324 g/mol. The van der Waals surface area contributed by atoms with E-state index in [4.69, 9.17) is 28.9 Å². The zero-order valence-corrected chi connectivity index (χ0v) is 12.7. The lowest BCUT2D eigenvalue weighted by Crippen LogP contribution is -2.30. The molecule has 1 saturated heterocycles. The number of hydrogen-bond donors (Lipinski definition) is 2. The molecule has 1 unspecified atom stereocenters. The Morgan fingerprint density at radius 1 is 1.33 bits per heavy atom. The zero-order valence-electron chi connectivity index (χ0n) is 11.1. The second kappa shape index (κ2) is 5.58. The maximum atomic E-state index is 12.5. The molecular weight excluding hydrogens is 311 g/mol. The van der Waals surface area contributed by atoms with Crippen molar-refractivity contribution in [1.29, 1.82) is 0 Å². The Labute approximate surface area is 132 Å². The molecule has 21 heavy (non-hydrogen) atoms. The Morgan fingerprint density at radius 3 is 2.81 bits per heavy atom. The van der Waals surface area contributed by atoms with Gasteiger partial charge in [0.05, 0.1) is 16.1 Å². The van der Waals surface area contributed by atoms with Crippen molar-refractivity contribution in [2.24, 2.45) is 0 Å². The standard InChI is InChI=1S/C14H14Cl2N4O/c15-9-4-3-8(6-10(9)16)12-2-1-5-20(12)14(21)11-7-13(17)19-18-11/h3-4,6-7,12H,1-2,5H2,(H3,17,18,19). The Balaban J connectivity index is 1.88. The Bertz CT molecular complexity index is 685. The highest BCUT2D eigenvalue weighted by atomic mass is 35.5. The number of nitrogens with zero attached hydrogens (tertiary/aromatic N) is 2. The van der Waals surface area contributed by atoms with E-state index >= 15 is 0 Å². The van der Waals surface area contributed by atoms with Gasteiger partial charge in [0.2, 0.25) is 0 Å². The average molecular weight is 325 g/mol. The normalized spacial score (nSPS) is 18.2. The van der Waals surface area contributed by atoms with Gasteiger partial charge in [-0.3, -0.25) is 9.89 Å². The maximum Gasteiger partial charge on any atom is 0.272 e. The van der Waals surface area contributed by atoms with Gasteiger partial charge in [-0.25, -0.2) is 0 Å². The fraction of sp³-hybridized carbons (Fsp3) is 0.286. The van der Waals surface area contributed by atoms with E-state index in [1.54, 1.807) is 12.1 Å². The second-order valence-electron chi connectivity index (χ2n) is 5.04. The lowest BCUT2D eigenvalue weighted by Gasteiger charge is -2.24. The van der Waals surface area contributed by atoms with Gasteiger partial charge in [0, 0.05) is 12.6 Å². The van der Waals surface area contributed by atoms with E-state index in [1.807, 2.05) is 17.0 Å². The molecule has 2 heterocycles. The van der Waals surface area contributed by atoms with Gasteiger partial charge in [0.25, 0.3) is 5.91 Å². The number of carbonyl (C=O) groups excluding carboxylic acids is 1. The predicted octanol–water partition coefficient (Wildman–Crippen LogP) is 3.28. The van der Waals surface area contributed by atoms with Crippen molar-refractivity contribution >= 4 is 34.9 Å². The Hall–Kier alpha value is -1.72. The SMILES string of the molecule is Nc1cc(C(=O)N2CCCC2c2ccc(Cl)c(Cl)c2)[nH]n1. The van der Waals surface area contributed by atoms with Crippen LogP contribution >= 0.6 is 23.2 Å². The molecule has 3 N–H and O–H groups in total. The fourth-order valence-corrected chi connectivity index (χ4v) is 2.98. The Morgan fingerprint density at radius 2 is 2.14 bits per heavy atom. The van der Waals surface area contributed by atoms with Gasteiger partial charge in [-0.2, -0.15) is 5.10 Å². The highest BCUT2D eigenvalue weighted by Crippen LogP contribution is 2.35. The second-order valence-corrected chi connectivity index (χ2v) is 5.85. The smallest absolute Gasteiger partial charge is 0.272 e. The number of H-pyrrole nitrogens is 1. The summed E-state index contributed by atoms with van der Waals surface area (Å²) in [6.07, 6.45) is 1.84. The molecule has 1 amide bonds. The maximum absolute atomic E-state index is 12.5. The number of aromatic amines is 1. The van der Waals surface area contributed by atoms with Gasteiger partial charge in [0.1, 0.15) is 11.5 Å². The number of amides is 1. The third-order valence-corrected chi connectivity index (χ3v) is 4.41. The van der Waals surface area contributed by atoms with Crippen LogP contribution < -0.4 is 5.73 Å². The third-order valence-electron chi connectivity index (χ3n) is 3.67. The molecule has 0 aliphatic carbocycles. The molecule has 0 radical (unpaired) electrons. The minimum Gasteiger partial charge on any atom is -0.382 e. The Kier molecular flexibility index (Phi) is 3.78. The van der Waals surface area contributed by atoms with Crippen molar-refractivity contribution < 1.29 is 4.79 Å². The predicted molar refractivity (Wildman–Crippen MR) is 82.5 cm³/mol. The number of nitrogens with one attached hydrogen (secondary N) is 1. The lowest BCUT2D eigenvalue weighted by atomic mass is 10.0. The first-order valence-corrected chi connectivity index (χ1v) is 7.38. The van der Waals surface area contributed by atoms with E-state index in [0.29, 0.717) is 28.1 Å². The third kappa shape index (κ3) is 2.71. The molecule has 1 aliphatic heterocycles. The molecule has 1 atom stereocenters. The quantitative estimate of drug-likeness (QED) is 0.890. The van der Waals surface area contributed by atoms with E-state index < -0.39 is 0 Å². The van der Waals surface area contributed by atoms with E-state index in [1.165, 1.54) is 0 Å². The van der Waals surface area contributed by atoms with Crippen LogP contribution in [-0.4, -0.2) is 27.5 Å². The average Bonchev–Trinajstić information content (AvgIpc) is 3.10. The minimum atomic E-state index is -0.104. The summed E-state index contributed by atoms with van der Waals surface area (Å²) in [7, 11) is 0. The summed E-state index contributed by atoms with van der Waals surface area (Å²) in [5.74, 6) is 0.205. The van der Waals surface area contributed by atoms with Crippen molar-refractivity contribution in [3.8, 4) is 0 Å². The molecule has 3 rings (SSSR count). The van der Waals surface area contributed by atoms with E-state index in [0.717, 1.165) is 18.4 Å². The highest BCUT2D eigenvalue weighted by Gasteiger charge is 2.31. The summed E-state index contributed by atoms with van der Waals surface area (Å²) >= 11 is 12.0. The molecule has 1 aliphatic rings. The van der Waals surface area contributed by atoms with Gasteiger partial charge in [0.15, 0.2) is 0 Å². The number of halogens is 2. The molecule has 0 spiro atoms. The summed E-state index contributed by atoms with van der Waals surface area (Å²) in [5.41, 5.74) is 6.94. The first-order valence-electron chi connectivity index (χ1n) is 6.63. The number of benzene rings is 1. The van der Waals surface area contributed by atoms with Crippen molar-refractivity contribution in [3.63, 3.8) is 0 Å². The van der Waals surface area contributed by atoms with Crippen LogP contribution in [0, 0.1) is 0 Å². The first kappa shape index (κ1) is 14.2. The zero-order chi connectivity index (χ0) is 15.0. The molecule has 1 fully saturated rings. The minimum absolute atomic E-state index is 0.00297. The fourth-order valence-electron chi connectivity index (χ4n) is 2.68. The van der Waals surface area contributed by atoms with Crippen molar-refractivity contribution in [2.45, 2.75) is 18.9 Å². The molecule has 1 aromatic carbocycles. The van der Waals surface area contributed by atoms with Crippen LogP contribution in [0.3, 0.4) is 0 Å². The largest absolute Gasteiger partial charge is 0.382 e.